The SMILES string of the molecule is COc1cc(NC(=O)C2(NC(=O)c3ccc(Br)s3)CCCC2)ccc1N1CCOCCC1=O. The van der Waals surface area contributed by atoms with E-state index in [0.29, 0.717) is 61.0 Å². The van der Waals surface area contributed by atoms with Crippen molar-refractivity contribution in [2.75, 3.05) is 37.1 Å². The molecule has 176 valence electrons. The Morgan fingerprint density at radius 1 is 1.18 bits per heavy atom. The molecule has 0 spiro atoms. The van der Waals surface area contributed by atoms with Gasteiger partial charge in [-0.25, -0.2) is 0 Å². The third-order valence-electron chi connectivity index (χ3n) is 5.99. The maximum atomic E-state index is 13.3. The zero-order chi connectivity index (χ0) is 23.4. The van der Waals surface area contributed by atoms with E-state index in [1.807, 2.05) is 6.07 Å². The summed E-state index contributed by atoms with van der Waals surface area (Å²) in [6.45, 7) is 1.30. The van der Waals surface area contributed by atoms with Gasteiger partial charge < -0.3 is 25.0 Å². The zero-order valence-corrected chi connectivity index (χ0v) is 20.7. The van der Waals surface area contributed by atoms with Crippen molar-refractivity contribution in [3.05, 3.63) is 39.0 Å². The maximum Gasteiger partial charge on any atom is 0.262 e. The first-order chi connectivity index (χ1) is 15.9. The maximum absolute atomic E-state index is 13.3. The minimum Gasteiger partial charge on any atom is -0.494 e. The van der Waals surface area contributed by atoms with Gasteiger partial charge >= 0.3 is 0 Å². The van der Waals surface area contributed by atoms with Crippen LogP contribution in [0.4, 0.5) is 11.4 Å². The molecule has 1 aromatic carbocycles. The molecule has 2 aromatic rings. The number of amides is 3. The minimum atomic E-state index is -0.961. The summed E-state index contributed by atoms with van der Waals surface area (Å²) in [5, 5.41) is 5.93. The molecular formula is C23H26BrN3O5S. The van der Waals surface area contributed by atoms with Gasteiger partial charge in [0, 0.05) is 18.3 Å². The third-order valence-corrected chi connectivity index (χ3v) is 7.61. The summed E-state index contributed by atoms with van der Waals surface area (Å²) < 4.78 is 11.8. The second kappa shape index (κ2) is 10.2. The molecule has 1 aliphatic heterocycles. The fraction of sp³-hybridized carbons (Fsp3) is 0.435. The summed E-state index contributed by atoms with van der Waals surface area (Å²) in [6.07, 6.45) is 3.19. The Hall–Kier alpha value is -2.43. The number of thiophene rings is 1. The predicted molar refractivity (Wildman–Crippen MR) is 130 cm³/mol. The standard InChI is InChI=1S/C23H26BrN3O5S/c1-31-17-14-15(4-5-16(17)27-11-13-32-12-8-20(27)28)25-22(30)23(9-2-3-10-23)26-21(29)18-6-7-19(24)33-18/h4-7,14H,2-3,8-13H2,1H3,(H,25,30)(H,26,29). The number of anilines is 2. The molecule has 10 heteroatoms. The molecule has 2 N–H and O–H groups in total. The smallest absolute Gasteiger partial charge is 0.262 e. The van der Waals surface area contributed by atoms with Crippen LogP contribution in [0.1, 0.15) is 41.8 Å². The number of rotatable bonds is 6. The molecule has 0 radical (unpaired) electrons. The van der Waals surface area contributed by atoms with Gasteiger partial charge in [-0.05, 0) is 53.0 Å². The van der Waals surface area contributed by atoms with Crippen molar-refractivity contribution in [1.29, 1.82) is 0 Å². The first-order valence-corrected chi connectivity index (χ1v) is 12.5. The number of nitrogens with one attached hydrogen (secondary N) is 2. The van der Waals surface area contributed by atoms with E-state index < -0.39 is 5.54 Å². The molecule has 2 fully saturated rings. The van der Waals surface area contributed by atoms with Crippen molar-refractivity contribution >= 4 is 56.4 Å². The van der Waals surface area contributed by atoms with Crippen LogP contribution >= 0.6 is 27.3 Å². The van der Waals surface area contributed by atoms with E-state index in [2.05, 4.69) is 26.6 Å². The topological polar surface area (TPSA) is 97.0 Å². The Kier molecular flexibility index (Phi) is 7.35. The van der Waals surface area contributed by atoms with Crippen LogP contribution in [-0.2, 0) is 14.3 Å². The monoisotopic (exact) mass is 535 g/mol. The lowest BCUT2D eigenvalue weighted by Crippen LogP contribution is -2.54. The summed E-state index contributed by atoms with van der Waals surface area (Å²) in [5.74, 6) is -0.0537. The number of hydrogen-bond acceptors (Lipinski definition) is 6. The van der Waals surface area contributed by atoms with Crippen LogP contribution in [0.2, 0.25) is 0 Å². The normalized spacial score (nSPS) is 18.0. The van der Waals surface area contributed by atoms with Gasteiger partial charge in [0.25, 0.3) is 5.91 Å². The van der Waals surface area contributed by atoms with E-state index in [-0.39, 0.29) is 17.7 Å². The van der Waals surface area contributed by atoms with Crippen LogP contribution < -0.4 is 20.3 Å². The molecule has 1 aliphatic carbocycles. The number of halogens is 1. The lowest BCUT2D eigenvalue weighted by atomic mass is 9.95. The number of carbonyl (C=O) groups excluding carboxylic acids is 3. The van der Waals surface area contributed by atoms with Crippen LogP contribution in [0.15, 0.2) is 34.1 Å². The molecule has 1 saturated carbocycles. The molecule has 0 unspecified atom stereocenters. The second-order valence-corrected chi connectivity index (χ2v) is 10.6. The highest BCUT2D eigenvalue weighted by Gasteiger charge is 2.43. The van der Waals surface area contributed by atoms with Crippen molar-refractivity contribution in [3.8, 4) is 5.75 Å². The van der Waals surface area contributed by atoms with Gasteiger partial charge in [0.1, 0.15) is 11.3 Å². The van der Waals surface area contributed by atoms with E-state index in [9.17, 15) is 14.4 Å². The average Bonchev–Trinajstić information content (AvgIpc) is 3.40. The fourth-order valence-electron chi connectivity index (χ4n) is 4.26. The van der Waals surface area contributed by atoms with E-state index in [1.54, 1.807) is 29.2 Å². The van der Waals surface area contributed by atoms with Crippen molar-refractivity contribution in [2.45, 2.75) is 37.6 Å². The Morgan fingerprint density at radius 2 is 1.97 bits per heavy atom. The lowest BCUT2D eigenvalue weighted by molar-refractivity contribution is -0.122. The predicted octanol–water partition coefficient (Wildman–Crippen LogP) is 3.95. The van der Waals surface area contributed by atoms with Gasteiger partial charge in [-0.15, -0.1) is 11.3 Å². The largest absolute Gasteiger partial charge is 0.494 e. The first kappa shape index (κ1) is 23.7. The number of carbonyl (C=O) groups is 3. The fourth-order valence-corrected chi connectivity index (χ4v) is 5.54. The number of benzene rings is 1. The zero-order valence-electron chi connectivity index (χ0n) is 18.3. The molecule has 33 heavy (non-hydrogen) atoms. The van der Waals surface area contributed by atoms with Crippen LogP contribution in [0, 0.1) is 0 Å². The molecule has 0 atom stereocenters. The number of ether oxygens (including phenoxy) is 2. The van der Waals surface area contributed by atoms with Crippen LogP contribution in [0.5, 0.6) is 5.75 Å². The van der Waals surface area contributed by atoms with Gasteiger partial charge in [-0.2, -0.15) is 0 Å². The summed E-state index contributed by atoms with van der Waals surface area (Å²) >= 11 is 4.70. The van der Waals surface area contributed by atoms with Crippen molar-refractivity contribution in [1.82, 2.24) is 5.32 Å². The van der Waals surface area contributed by atoms with Crippen molar-refractivity contribution < 1.29 is 23.9 Å². The summed E-state index contributed by atoms with van der Waals surface area (Å²) in [7, 11) is 1.53. The van der Waals surface area contributed by atoms with Gasteiger partial charge in [0.15, 0.2) is 0 Å². The average molecular weight is 536 g/mol. The Labute approximate surface area is 204 Å². The molecular weight excluding hydrogens is 510 g/mol. The third kappa shape index (κ3) is 5.23. The van der Waals surface area contributed by atoms with E-state index >= 15 is 0 Å². The number of nitrogens with zero attached hydrogens (tertiary/aromatic N) is 1. The lowest BCUT2D eigenvalue weighted by Gasteiger charge is -2.29. The van der Waals surface area contributed by atoms with Gasteiger partial charge in [0.05, 0.1) is 41.1 Å². The van der Waals surface area contributed by atoms with Crippen LogP contribution in [-0.4, -0.2) is 50.1 Å². The molecule has 0 bridgehead atoms. The van der Waals surface area contributed by atoms with Gasteiger partial charge in [-0.3, -0.25) is 14.4 Å². The molecule has 2 aliphatic rings. The highest BCUT2D eigenvalue weighted by molar-refractivity contribution is 9.11. The Balaban J connectivity index is 1.52. The van der Waals surface area contributed by atoms with E-state index in [4.69, 9.17) is 9.47 Å². The number of hydrogen-bond donors (Lipinski definition) is 2. The van der Waals surface area contributed by atoms with Gasteiger partial charge in [-0.1, -0.05) is 12.8 Å². The summed E-state index contributed by atoms with van der Waals surface area (Å²) in [5.41, 5.74) is 0.217. The summed E-state index contributed by atoms with van der Waals surface area (Å²) in [6, 6.07) is 8.77. The van der Waals surface area contributed by atoms with E-state index in [1.165, 1.54) is 18.4 Å². The molecule has 3 amide bonds. The Morgan fingerprint density at radius 3 is 2.67 bits per heavy atom. The molecule has 2 heterocycles. The van der Waals surface area contributed by atoms with E-state index in [0.717, 1.165) is 16.6 Å². The molecule has 1 aromatic heterocycles. The summed E-state index contributed by atoms with van der Waals surface area (Å²) in [4.78, 5) is 40.8. The highest BCUT2D eigenvalue weighted by atomic mass is 79.9. The Bertz CT molecular complexity index is 1050. The number of methoxy groups -OCH3 is 1. The quantitative estimate of drug-likeness (QED) is 0.583. The van der Waals surface area contributed by atoms with Crippen molar-refractivity contribution in [3.63, 3.8) is 0 Å². The first-order valence-electron chi connectivity index (χ1n) is 10.9. The molecule has 1 saturated heterocycles. The van der Waals surface area contributed by atoms with Crippen LogP contribution in [0.3, 0.4) is 0 Å². The minimum absolute atomic E-state index is 0.0320. The second-order valence-electron chi connectivity index (χ2n) is 8.10. The molecule has 8 nitrogen and oxygen atoms in total. The van der Waals surface area contributed by atoms with Gasteiger partial charge in [0.2, 0.25) is 11.8 Å². The van der Waals surface area contributed by atoms with Crippen LogP contribution in [0.25, 0.3) is 0 Å². The van der Waals surface area contributed by atoms with Crippen molar-refractivity contribution in [2.24, 2.45) is 0 Å². The molecule has 4 rings (SSSR count). The highest BCUT2D eigenvalue weighted by Crippen LogP contribution is 2.35.